The van der Waals surface area contributed by atoms with Crippen molar-refractivity contribution < 1.29 is 9.53 Å². The number of likely N-dealkylation sites (tertiary alicyclic amines) is 1. The average Bonchev–Trinajstić information content (AvgIpc) is 3.38. The normalized spacial score (nSPS) is 24.1. The first kappa shape index (κ1) is 22.0. The molecule has 0 radical (unpaired) electrons. The second-order valence-corrected chi connectivity index (χ2v) is 10.9. The summed E-state index contributed by atoms with van der Waals surface area (Å²) >= 11 is 0. The molecule has 1 spiro atoms. The number of aryl methyl sites for hydroxylation is 1. The number of anilines is 2. The number of aromatic nitrogens is 2. The van der Waals surface area contributed by atoms with E-state index in [9.17, 15) is 4.79 Å². The van der Waals surface area contributed by atoms with Crippen LogP contribution in [0.1, 0.15) is 51.4 Å². The van der Waals surface area contributed by atoms with Gasteiger partial charge in [-0.25, -0.2) is 0 Å². The second-order valence-electron chi connectivity index (χ2n) is 10.9. The van der Waals surface area contributed by atoms with Crippen molar-refractivity contribution in [2.75, 3.05) is 42.5 Å². The third-order valence-electron chi connectivity index (χ3n) is 8.72. The van der Waals surface area contributed by atoms with E-state index in [1.807, 2.05) is 18.1 Å². The van der Waals surface area contributed by atoms with Gasteiger partial charge in [-0.3, -0.25) is 9.48 Å². The van der Waals surface area contributed by atoms with E-state index >= 15 is 0 Å². The maximum Gasteiger partial charge on any atom is 0.227 e. The molecule has 7 nitrogen and oxygen atoms in total. The number of piperidine rings is 2. The highest BCUT2D eigenvalue weighted by molar-refractivity contribution is 5.96. The van der Waals surface area contributed by atoms with E-state index < -0.39 is 0 Å². The van der Waals surface area contributed by atoms with Gasteiger partial charge in [0.15, 0.2) is 0 Å². The summed E-state index contributed by atoms with van der Waals surface area (Å²) in [7, 11) is 1.90. The average molecular weight is 464 g/mol. The molecule has 0 unspecified atom stereocenters. The first-order chi connectivity index (χ1) is 16.6. The van der Waals surface area contributed by atoms with Crippen LogP contribution in [0.3, 0.4) is 0 Å². The molecular weight excluding hydrogens is 426 g/mol. The maximum atomic E-state index is 12.7. The fraction of sp³-hybridized carbons (Fsp3) is 0.630. The summed E-state index contributed by atoms with van der Waals surface area (Å²) in [5.74, 6) is 1.23. The van der Waals surface area contributed by atoms with Gasteiger partial charge in [0.1, 0.15) is 11.9 Å². The first-order valence-electron chi connectivity index (χ1n) is 13.1. The van der Waals surface area contributed by atoms with Crippen LogP contribution >= 0.6 is 0 Å². The summed E-state index contributed by atoms with van der Waals surface area (Å²) in [6.45, 7) is 5.17. The highest BCUT2D eigenvalue weighted by Gasteiger charge is 2.45. The Hall–Kier alpha value is -2.54. The Bertz CT molecular complexity index is 998. The quantitative estimate of drug-likeness (QED) is 0.674. The van der Waals surface area contributed by atoms with Crippen molar-refractivity contribution in [3.05, 3.63) is 36.7 Å². The Balaban J connectivity index is 1.01. The zero-order valence-corrected chi connectivity index (χ0v) is 20.4. The van der Waals surface area contributed by atoms with Gasteiger partial charge in [-0.1, -0.05) is 6.42 Å². The molecule has 1 aliphatic carbocycles. The van der Waals surface area contributed by atoms with Gasteiger partial charge in [-0.15, -0.1) is 0 Å². The van der Waals surface area contributed by atoms with Crippen LogP contribution in [-0.2, 0) is 11.8 Å². The standard InChI is InChI=1S/C27H37N5O2/c1-29-19-23(18-28-29)32-20-27(17-26(32)33)11-15-31(16-12-27)22-5-7-24(8-6-22)34-25-9-13-30(14-10-25)21-3-2-4-21/h5-8,18-19,21,25H,2-4,9-17,20H2,1H3. The van der Waals surface area contributed by atoms with E-state index in [4.69, 9.17) is 4.74 Å². The Morgan fingerprint density at radius 1 is 0.971 bits per heavy atom. The molecule has 6 rings (SSSR count). The van der Waals surface area contributed by atoms with Gasteiger partial charge in [-0.2, -0.15) is 5.10 Å². The highest BCUT2D eigenvalue weighted by atomic mass is 16.5. The molecule has 0 atom stereocenters. The number of hydrogen-bond acceptors (Lipinski definition) is 5. The van der Waals surface area contributed by atoms with Crippen LogP contribution in [-0.4, -0.2) is 65.5 Å². The number of ether oxygens (including phenoxy) is 1. The lowest BCUT2D eigenvalue weighted by atomic mass is 9.77. The molecule has 1 aromatic heterocycles. The molecule has 34 heavy (non-hydrogen) atoms. The van der Waals surface area contributed by atoms with E-state index in [1.165, 1.54) is 38.0 Å². The number of nitrogens with zero attached hydrogens (tertiary/aromatic N) is 5. The molecule has 4 aliphatic rings. The van der Waals surface area contributed by atoms with Crippen LogP contribution in [0.5, 0.6) is 5.75 Å². The third-order valence-corrected chi connectivity index (χ3v) is 8.72. The van der Waals surface area contributed by atoms with Crippen LogP contribution in [0, 0.1) is 5.41 Å². The van der Waals surface area contributed by atoms with Crippen molar-refractivity contribution in [1.29, 1.82) is 0 Å². The maximum absolute atomic E-state index is 12.7. The summed E-state index contributed by atoms with van der Waals surface area (Å²) in [6.07, 6.45) is 13.3. The van der Waals surface area contributed by atoms with Gasteiger partial charge in [0, 0.05) is 69.5 Å². The molecule has 4 fully saturated rings. The molecule has 2 aromatic rings. The molecule has 3 aliphatic heterocycles. The van der Waals surface area contributed by atoms with Gasteiger partial charge < -0.3 is 19.4 Å². The fourth-order valence-corrected chi connectivity index (χ4v) is 6.29. The zero-order valence-electron chi connectivity index (χ0n) is 20.4. The summed E-state index contributed by atoms with van der Waals surface area (Å²) in [4.78, 5) is 19.8. The van der Waals surface area contributed by atoms with Gasteiger partial charge in [-0.05, 0) is 62.8 Å². The van der Waals surface area contributed by atoms with E-state index in [0.29, 0.717) is 12.5 Å². The summed E-state index contributed by atoms with van der Waals surface area (Å²) < 4.78 is 8.09. The number of hydrogen-bond donors (Lipinski definition) is 0. The van der Waals surface area contributed by atoms with Crippen molar-refractivity contribution in [2.45, 2.75) is 63.5 Å². The molecule has 0 bridgehead atoms. The number of carbonyl (C=O) groups is 1. The highest BCUT2D eigenvalue weighted by Crippen LogP contribution is 2.43. The topological polar surface area (TPSA) is 53.8 Å². The number of benzene rings is 1. The molecule has 3 saturated heterocycles. The number of carbonyl (C=O) groups excluding carboxylic acids is 1. The van der Waals surface area contributed by atoms with Crippen LogP contribution in [0.2, 0.25) is 0 Å². The van der Waals surface area contributed by atoms with Gasteiger partial charge in [0.05, 0.1) is 11.9 Å². The van der Waals surface area contributed by atoms with E-state index in [-0.39, 0.29) is 11.3 Å². The minimum Gasteiger partial charge on any atom is -0.490 e. The van der Waals surface area contributed by atoms with Gasteiger partial charge >= 0.3 is 0 Å². The molecule has 1 saturated carbocycles. The number of amides is 1. The Labute approximate surface area is 202 Å². The lowest BCUT2D eigenvalue weighted by molar-refractivity contribution is -0.117. The summed E-state index contributed by atoms with van der Waals surface area (Å²) in [5.41, 5.74) is 2.28. The lowest BCUT2D eigenvalue weighted by Crippen LogP contribution is -2.46. The van der Waals surface area contributed by atoms with Gasteiger partial charge in [0.25, 0.3) is 0 Å². The van der Waals surface area contributed by atoms with E-state index in [0.717, 1.165) is 62.8 Å². The number of rotatable bonds is 5. The summed E-state index contributed by atoms with van der Waals surface area (Å²) in [6, 6.07) is 9.55. The van der Waals surface area contributed by atoms with Crippen molar-refractivity contribution >= 4 is 17.3 Å². The van der Waals surface area contributed by atoms with Crippen molar-refractivity contribution in [2.24, 2.45) is 12.5 Å². The molecule has 7 heteroatoms. The third kappa shape index (κ3) is 4.30. The Morgan fingerprint density at radius 3 is 2.32 bits per heavy atom. The zero-order chi connectivity index (χ0) is 23.1. The molecule has 182 valence electrons. The summed E-state index contributed by atoms with van der Waals surface area (Å²) in [5, 5.41) is 4.24. The molecule has 0 N–H and O–H groups in total. The van der Waals surface area contributed by atoms with Crippen LogP contribution in [0.25, 0.3) is 0 Å². The minimum absolute atomic E-state index is 0.0980. The first-order valence-corrected chi connectivity index (χ1v) is 13.1. The predicted molar refractivity (Wildman–Crippen MR) is 133 cm³/mol. The Morgan fingerprint density at radius 2 is 1.71 bits per heavy atom. The van der Waals surface area contributed by atoms with Crippen LogP contribution in [0.15, 0.2) is 36.7 Å². The van der Waals surface area contributed by atoms with Crippen LogP contribution in [0.4, 0.5) is 11.4 Å². The monoisotopic (exact) mass is 463 g/mol. The SMILES string of the molecule is Cn1cc(N2CC3(CCN(c4ccc(OC5CCN(C6CCC6)CC5)cc4)CC3)CC2=O)cn1. The molecule has 1 aromatic carbocycles. The van der Waals surface area contributed by atoms with Crippen LogP contribution < -0.4 is 14.5 Å². The predicted octanol–water partition coefficient (Wildman–Crippen LogP) is 3.84. The largest absolute Gasteiger partial charge is 0.490 e. The minimum atomic E-state index is 0.0980. The fourth-order valence-electron chi connectivity index (χ4n) is 6.29. The molecular formula is C27H37N5O2. The smallest absolute Gasteiger partial charge is 0.227 e. The lowest BCUT2D eigenvalue weighted by Gasteiger charge is -2.41. The second kappa shape index (κ2) is 8.91. The Kier molecular flexibility index (Phi) is 5.76. The van der Waals surface area contributed by atoms with Crippen molar-refractivity contribution in [3.8, 4) is 5.75 Å². The van der Waals surface area contributed by atoms with Crippen molar-refractivity contribution in [1.82, 2.24) is 14.7 Å². The molecule has 1 amide bonds. The molecule has 4 heterocycles. The van der Waals surface area contributed by atoms with E-state index in [2.05, 4.69) is 39.2 Å². The van der Waals surface area contributed by atoms with E-state index in [1.54, 1.807) is 10.9 Å². The van der Waals surface area contributed by atoms with Gasteiger partial charge in [0.2, 0.25) is 5.91 Å². The van der Waals surface area contributed by atoms with Crippen molar-refractivity contribution in [3.63, 3.8) is 0 Å².